The molecule has 0 fully saturated rings. The molecule has 2 amide bonds. The molecule has 10 heteroatoms. The van der Waals surface area contributed by atoms with Crippen molar-refractivity contribution in [2.24, 2.45) is 0 Å². The van der Waals surface area contributed by atoms with E-state index < -0.39 is 22.3 Å². The van der Waals surface area contributed by atoms with Gasteiger partial charge in [0.2, 0.25) is 17.6 Å². The molecule has 0 saturated carbocycles. The van der Waals surface area contributed by atoms with Crippen LogP contribution in [0, 0.1) is 15.9 Å². The number of nitrogens with one attached hydrogen (secondary N) is 2. The van der Waals surface area contributed by atoms with Gasteiger partial charge in [-0.2, -0.15) is 4.39 Å². The number of thioether (sulfide) groups is 1. The second-order valence-corrected chi connectivity index (χ2v) is 6.44. The summed E-state index contributed by atoms with van der Waals surface area (Å²) in [5.41, 5.74) is -0.0322. The van der Waals surface area contributed by atoms with Gasteiger partial charge in [-0.3, -0.25) is 19.7 Å². The Kier molecular flexibility index (Phi) is 6.93. The minimum absolute atomic E-state index is 0.0413. The molecule has 2 N–H and O–H groups in total. The number of benzene rings is 2. The molecule has 0 saturated heterocycles. The number of nitro benzene ring substituents is 1. The first-order valence-electron chi connectivity index (χ1n) is 7.22. The first kappa shape index (κ1) is 19.7. The minimum Gasteiger partial charge on any atom is -0.325 e. The Hall–Kier alpha value is -2.65. The summed E-state index contributed by atoms with van der Waals surface area (Å²) < 4.78 is 13.2. The Balaban J connectivity index is 1.78. The van der Waals surface area contributed by atoms with Crippen LogP contribution in [0.15, 0.2) is 42.5 Å². The van der Waals surface area contributed by atoms with Crippen molar-refractivity contribution in [3.05, 3.63) is 63.4 Å². The van der Waals surface area contributed by atoms with Crippen LogP contribution in [0.1, 0.15) is 0 Å². The predicted molar refractivity (Wildman–Crippen MR) is 99.1 cm³/mol. The van der Waals surface area contributed by atoms with Crippen molar-refractivity contribution >= 4 is 52.2 Å². The molecule has 0 unspecified atom stereocenters. The lowest BCUT2D eigenvalue weighted by Crippen LogP contribution is -2.18. The molecule has 26 heavy (non-hydrogen) atoms. The van der Waals surface area contributed by atoms with Crippen LogP contribution in [0.3, 0.4) is 0 Å². The van der Waals surface area contributed by atoms with Crippen LogP contribution in [0.4, 0.5) is 21.5 Å². The van der Waals surface area contributed by atoms with Gasteiger partial charge in [0.1, 0.15) is 0 Å². The van der Waals surface area contributed by atoms with Crippen molar-refractivity contribution in [2.75, 3.05) is 22.1 Å². The first-order valence-corrected chi connectivity index (χ1v) is 8.75. The van der Waals surface area contributed by atoms with E-state index in [2.05, 4.69) is 10.6 Å². The topological polar surface area (TPSA) is 101 Å². The zero-order valence-electron chi connectivity index (χ0n) is 13.2. The van der Waals surface area contributed by atoms with Gasteiger partial charge in [0, 0.05) is 22.5 Å². The highest BCUT2D eigenvalue weighted by Gasteiger charge is 2.15. The monoisotopic (exact) mass is 397 g/mol. The lowest BCUT2D eigenvalue weighted by Gasteiger charge is -2.06. The second kappa shape index (κ2) is 9.16. The van der Waals surface area contributed by atoms with Crippen LogP contribution in [0.5, 0.6) is 0 Å². The van der Waals surface area contributed by atoms with Gasteiger partial charge in [-0.25, -0.2) is 0 Å². The van der Waals surface area contributed by atoms with Crippen LogP contribution < -0.4 is 10.6 Å². The van der Waals surface area contributed by atoms with E-state index in [0.29, 0.717) is 10.7 Å². The molecule has 0 aliphatic carbocycles. The number of halogens is 2. The van der Waals surface area contributed by atoms with Crippen LogP contribution >= 0.6 is 23.4 Å². The quantitative estimate of drug-likeness (QED) is 0.548. The Bertz CT molecular complexity index is 833. The average molecular weight is 398 g/mol. The fourth-order valence-corrected chi connectivity index (χ4v) is 2.64. The maximum Gasteiger partial charge on any atom is 0.306 e. The number of amides is 2. The van der Waals surface area contributed by atoms with Gasteiger partial charge in [0.05, 0.1) is 16.4 Å². The molecule has 0 bridgehead atoms. The van der Waals surface area contributed by atoms with Gasteiger partial charge in [0.15, 0.2) is 0 Å². The van der Waals surface area contributed by atoms with E-state index in [-0.39, 0.29) is 23.1 Å². The van der Waals surface area contributed by atoms with Crippen LogP contribution in [0.25, 0.3) is 0 Å². The zero-order chi connectivity index (χ0) is 19.1. The number of anilines is 2. The van der Waals surface area contributed by atoms with Crippen molar-refractivity contribution in [2.45, 2.75) is 0 Å². The number of carbonyl (C=O) groups excluding carboxylic acids is 2. The first-order chi connectivity index (χ1) is 12.3. The number of hydrogen-bond donors (Lipinski definition) is 2. The summed E-state index contributed by atoms with van der Waals surface area (Å²) in [5, 5.41) is 16.3. The summed E-state index contributed by atoms with van der Waals surface area (Å²) in [4.78, 5) is 33.4. The van der Waals surface area contributed by atoms with Gasteiger partial charge >= 0.3 is 5.69 Å². The van der Waals surface area contributed by atoms with Crippen molar-refractivity contribution in [3.8, 4) is 0 Å². The molecule has 0 aliphatic heterocycles. The summed E-state index contributed by atoms with van der Waals surface area (Å²) in [6.45, 7) is 0. The van der Waals surface area contributed by atoms with Crippen molar-refractivity contribution in [3.63, 3.8) is 0 Å². The van der Waals surface area contributed by atoms with E-state index >= 15 is 0 Å². The van der Waals surface area contributed by atoms with Gasteiger partial charge in [-0.05, 0) is 36.4 Å². The smallest absolute Gasteiger partial charge is 0.306 e. The normalized spacial score (nSPS) is 10.2. The molecular weight excluding hydrogens is 385 g/mol. The number of nitro groups is 1. The van der Waals surface area contributed by atoms with Gasteiger partial charge < -0.3 is 10.6 Å². The molecule has 0 atom stereocenters. The van der Waals surface area contributed by atoms with E-state index in [0.717, 1.165) is 23.9 Å². The maximum absolute atomic E-state index is 13.2. The maximum atomic E-state index is 13.2. The van der Waals surface area contributed by atoms with Crippen LogP contribution in [-0.4, -0.2) is 28.2 Å². The molecule has 0 radical (unpaired) electrons. The summed E-state index contributed by atoms with van der Waals surface area (Å²) in [6, 6.07) is 9.64. The molecule has 7 nitrogen and oxygen atoms in total. The largest absolute Gasteiger partial charge is 0.325 e. The van der Waals surface area contributed by atoms with E-state index in [1.165, 1.54) is 6.07 Å². The summed E-state index contributed by atoms with van der Waals surface area (Å²) in [7, 11) is 0. The van der Waals surface area contributed by atoms with E-state index in [1.807, 2.05) is 0 Å². The minimum atomic E-state index is -0.985. The van der Waals surface area contributed by atoms with E-state index in [4.69, 9.17) is 11.6 Å². The third kappa shape index (κ3) is 6.01. The lowest BCUT2D eigenvalue weighted by molar-refractivity contribution is -0.387. The number of nitrogens with zero attached hydrogens (tertiary/aromatic N) is 1. The van der Waals surface area contributed by atoms with Crippen molar-refractivity contribution < 1.29 is 18.9 Å². The third-order valence-corrected chi connectivity index (χ3v) is 4.21. The lowest BCUT2D eigenvalue weighted by atomic mass is 10.2. The van der Waals surface area contributed by atoms with Crippen molar-refractivity contribution in [1.29, 1.82) is 0 Å². The number of hydrogen-bond acceptors (Lipinski definition) is 5. The fourth-order valence-electron chi connectivity index (χ4n) is 1.89. The Labute approximate surface area is 157 Å². The standard InChI is InChI=1S/C16H13ClFN3O4S/c17-10-1-3-11(4-2-10)19-15(22)8-26-9-16(23)20-12-5-6-13(18)14(7-12)21(24)25/h1-7H,8-9H2,(H,19,22)(H,20,23). The molecule has 0 aromatic heterocycles. The molecule has 2 aromatic rings. The van der Waals surface area contributed by atoms with Gasteiger partial charge in [-0.15, -0.1) is 11.8 Å². The molecular formula is C16H13ClFN3O4S. The van der Waals surface area contributed by atoms with Crippen LogP contribution in [0.2, 0.25) is 5.02 Å². The molecule has 0 spiro atoms. The Morgan fingerprint density at radius 3 is 2.15 bits per heavy atom. The molecule has 2 aromatic carbocycles. The molecule has 0 heterocycles. The number of carbonyl (C=O) groups is 2. The SMILES string of the molecule is O=C(CSCC(=O)Nc1ccc(F)c([N+](=O)[O-])c1)Nc1ccc(Cl)cc1. The number of rotatable bonds is 7. The summed E-state index contributed by atoms with van der Waals surface area (Å²) in [6.07, 6.45) is 0. The van der Waals surface area contributed by atoms with Crippen molar-refractivity contribution in [1.82, 2.24) is 0 Å². The highest BCUT2D eigenvalue weighted by Crippen LogP contribution is 2.21. The Morgan fingerprint density at radius 2 is 1.58 bits per heavy atom. The summed E-state index contributed by atoms with van der Waals surface area (Å²) in [5.74, 6) is -1.74. The fraction of sp³-hybridized carbons (Fsp3) is 0.125. The van der Waals surface area contributed by atoms with Crippen LogP contribution in [-0.2, 0) is 9.59 Å². The highest BCUT2D eigenvalue weighted by atomic mass is 35.5. The third-order valence-electron chi connectivity index (χ3n) is 3.02. The van der Waals surface area contributed by atoms with Gasteiger partial charge in [-0.1, -0.05) is 11.6 Å². The highest BCUT2D eigenvalue weighted by molar-refractivity contribution is 8.00. The molecule has 2 rings (SSSR count). The van der Waals surface area contributed by atoms with E-state index in [9.17, 15) is 24.1 Å². The summed E-state index contributed by atoms with van der Waals surface area (Å²) >= 11 is 6.82. The Morgan fingerprint density at radius 1 is 1.04 bits per heavy atom. The molecule has 136 valence electrons. The van der Waals surface area contributed by atoms with E-state index in [1.54, 1.807) is 24.3 Å². The average Bonchev–Trinajstić information content (AvgIpc) is 2.58. The second-order valence-electron chi connectivity index (χ2n) is 5.02. The molecule has 0 aliphatic rings. The predicted octanol–water partition coefficient (Wildman–Crippen LogP) is 3.70. The van der Waals surface area contributed by atoms with Gasteiger partial charge in [0.25, 0.3) is 0 Å². The zero-order valence-corrected chi connectivity index (χ0v) is 14.8.